The summed E-state index contributed by atoms with van der Waals surface area (Å²) in [5.74, 6) is 0.558. The Morgan fingerprint density at radius 2 is 2.00 bits per heavy atom. The summed E-state index contributed by atoms with van der Waals surface area (Å²) in [6.07, 6.45) is 0.0196. The zero-order valence-corrected chi connectivity index (χ0v) is 10.3. The second-order valence-electron chi connectivity index (χ2n) is 3.57. The van der Waals surface area contributed by atoms with Crippen molar-refractivity contribution in [3.8, 4) is 5.75 Å². The van der Waals surface area contributed by atoms with Crippen LogP contribution in [0.2, 0.25) is 0 Å². The molecule has 0 aromatic heterocycles. The fourth-order valence-corrected chi connectivity index (χ4v) is 2.06. The minimum atomic E-state index is -3.50. The Labute approximate surface area is 95.7 Å². The highest BCUT2D eigenvalue weighted by Crippen LogP contribution is 2.24. The van der Waals surface area contributed by atoms with Gasteiger partial charge in [-0.15, -0.1) is 0 Å². The van der Waals surface area contributed by atoms with Crippen LogP contribution < -0.4 is 15.2 Å². The van der Waals surface area contributed by atoms with Gasteiger partial charge in [0.2, 0.25) is 10.0 Å². The molecular weight excluding hydrogens is 228 g/mol. The molecule has 0 aliphatic carbocycles. The van der Waals surface area contributed by atoms with Gasteiger partial charge in [0.1, 0.15) is 10.6 Å². The molecule has 1 aromatic rings. The van der Waals surface area contributed by atoms with Gasteiger partial charge in [0, 0.05) is 6.07 Å². The van der Waals surface area contributed by atoms with Gasteiger partial charge in [0.15, 0.2) is 0 Å². The second kappa shape index (κ2) is 4.71. The molecular formula is C10H16N2O3S. The van der Waals surface area contributed by atoms with Crippen LogP contribution in [0.1, 0.15) is 13.8 Å². The molecule has 5 nitrogen and oxygen atoms in total. The van der Waals surface area contributed by atoms with Crippen LogP contribution in [-0.2, 0) is 10.0 Å². The third-order valence-corrected chi connectivity index (χ3v) is 3.40. The number of hydrogen-bond donors (Lipinski definition) is 2. The molecule has 1 aromatic carbocycles. The van der Waals surface area contributed by atoms with E-state index in [1.165, 1.54) is 19.2 Å². The van der Waals surface area contributed by atoms with Crippen molar-refractivity contribution in [1.29, 1.82) is 0 Å². The molecule has 0 bridgehead atoms. The van der Waals surface area contributed by atoms with Gasteiger partial charge in [0.05, 0.1) is 11.8 Å². The summed E-state index contributed by atoms with van der Waals surface area (Å²) in [7, 11) is -2.16. The highest BCUT2D eigenvalue weighted by molar-refractivity contribution is 7.89. The van der Waals surface area contributed by atoms with Crippen molar-refractivity contribution in [3.05, 3.63) is 18.2 Å². The predicted molar refractivity (Wildman–Crippen MR) is 62.9 cm³/mol. The lowest BCUT2D eigenvalue weighted by Gasteiger charge is -2.12. The lowest BCUT2D eigenvalue weighted by Crippen LogP contribution is -2.20. The minimum Gasteiger partial charge on any atom is -0.491 e. The number of rotatable bonds is 4. The van der Waals surface area contributed by atoms with E-state index in [1.54, 1.807) is 6.07 Å². The molecule has 0 fully saturated rings. The molecule has 6 heteroatoms. The first kappa shape index (κ1) is 12.8. The molecule has 0 saturated carbocycles. The highest BCUT2D eigenvalue weighted by atomic mass is 32.2. The van der Waals surface area contributed by atoms with Crippen LogP contribution in [-0.4, -0.2) is 21.6 Å². The number of hydrogen-bond acceptors (Lipinski definition) is 4. The van der Waals surface area contributed by atoms with Crippen molar-refractivity contribution in [1.82, 2.24) is 4.72 Å². The summed E-state index contributed by atoms with van der Waals surface area (Å²) in [6.45, 7) is 3.77. The Bertz CT molecular complexity index is 469. The third-order valence-electron chi connectivity index (χ3n) is 1.91. The normalized spacial score (nSPS) is 11.8. The van der Waals surface area contributed by atoms with Crippen LogP contribution in [0, 0.1) is 0 Å². The molecule has 0 radical (unpaired) electrons. The Kier molecular flexibility index (Phi) is 3.77. The van der Waals surface area contributed by atoms with Gasteiger partial charge >= 0.3 is 0 Å². The zero-order valence-electron chi connectivity index (χ0n) is 9.52. The van der Waals surface area contributed by atoms with Crippen molar-refractivity contribution in [2.24, 2.45) is 0 Å². The van der Waals surface area contributed by atoms with Crippen LogP contribution in [0.5, 0.6) is 5.75 Å². The standard InChI is InChI=1S/C10H16N2O3S/c1-7(2)15-8-4-5-10(9(11)6-8)16(13,14)12-3/h4-7,12H,11H2,1-3H3. The monoisotopic (exact) mass is 244 g/mol. The highest BCUT2D eigenvalue weighted by Gasteiger charge is 2.15. The van der Waals surface area contributed by atoms with Gasteiger partial charge in [-0.2, -0.15) is 0 Å². The van der Waals surface area contributed by atoms with Gasteiger partial charge in [-0.05, 0) is 33.0 Å². The van der Waals surface area contributed by atoms with Crippen molar-refractivity contribution in [2.75, 3.05) is 12.8 Å². The predicted octanol–water partition coefficient (Wildman–Crippen LogP) is 0.964. The summed E-state index contributed by atoms with van der Waals surface area (Å²) >= 11 is 0. The van der Waals surface area contributed by atoms with Crippen molar-refractivity contribution >= 4 is 15.7 Å². The average Bonchev–Trinajstić information content (AvgIpc) is 2.16. The van der Waals surface area contributed by atoms with Gasteiger partial charge < -0.3 is 10.5 Å². The molecule has 90 valence electrons. The first-order valence-electron chi connectivity index (χ1n) is 4.86. The molecule has 0 aliphatic rings. The van der Waals surface area contributed by atoms with Crippen LogP contribution >= 0.6 is 0 Å². The van der Waals surface area contributed by atoms with Crippen molar-refractivity contribution in [2.45, 2.75) is 24.8 Å². The van der Waals surface area contributed by atoms with Crippen LogP contribution in [0.4, 0.5) is 5.69 Å². The van der Waals surface area contributed by atoms with Crippen LogP contribution in [0.15, 0.2) is 23.1 Å². The van der Waals surface area contributed by atoms with E-state index in [4.69, 9.17) is 10.5 Å². The molecule has 3 N–H and O–H groups in total. The number of ether oxygens (including phenoxy) is 1. The number of anilines is 1. The van der Waals surface area contributed by atoms with Gasteiger partial charge in [-0.25, -0.2) is 13.1 Å². The number of nitrogens with two attached hydrogens (primary N) is 1. The summed E-state index contributed by atoms with van der Waals surface area (Å²) in [4.78, 5) is 0.0612. The molecule has 0 aliphatic heterocycles. The van der Waals surface area contributed by atoms with E-state index in [-0.39, 0.29) is 16.7 Å². The first-order valence-corrected chi connectivity index (χ1v) is 6.35. The average molecular weight is 244 g/mol. The molecule has 0 atom stereocenters. The van der Waals surface area contributed by atoms with E-state index < -0.39 is 10.0 Å². The maximum atomic E-state index is 11.5. The number of benzene rings is 1. The lowest BCUT2D eigenvalue weighted by atomic mass is 10.3. The topological polar surface area (TPSA) is 81.4 Å². The second-order valence-corrected chi connectivity index (χ2v) is 5.43. The SMILES string of the molecule is CNS(=O)(=O)c1ccc(OC(C)C)cc1N. The van der Waals surface area contributed by atoms with Crippen molar-refractivity contribution in [3.63, 3.8) is 0 Å². The Hall–Kier alpha value is -1.27. The Morgan fingerprint density at radius 3 is 2.44 bits per heavy atom. The molecule has 0 unspecified atom stereocenters. The third kappa shape index (κ3) is 2.86. The van der Waals surface area contributed by atoms with E-state index in [1.807, 2.05) is 13.8 Å². The quantitative estimate of drug-likeness (QED) is 0.773. The van der Waals surface area contributed by atoms with E-state index in [0.717, 1.165) is 0 Å². The fraction of sp³-hybridized carbons (Fsp3) is 0.400. The Balaban J connectivity index is 3.10. The van der Waals surface area contributed by atoms with E-state index in [2.05, 4.69) is 4.72 Å². The minimum absolute atomic E-state index is 0.0196. The van der Waals surface area contributed by atoms with E-state index in [9.17, 15) is 8.42 Å². The van der Waals surface area contributed by atoms with E-state index >= 15 is 0 Å². The molecule has 0 heterocycles. The largest absolute Gasteiger partial charge is 0.491 e. The summed E-state index contributed by atoms with van der Waals surface area (Å²) in [5.41, 5.74) is 5.83. The molecule has 1 rings (SSSR count). The summed E-state index contributed by atoms with van der Waals surface area (Å²) in [5, 5.41) is 0. The first-order chi connectivity index (χ1) is 7.36. The fourth-order valence-electron chi connectivity index (χ4n) is 1.23. The maximum Gasteiger partial charge on any atom is 0.242 e. The lowest BCUT2D eigenvalue weighted by molar-refractivity contribution is 0.242. The molecule has 0 amide bonds. The van der Waals surface area contributed by atoms with Crippen molar-refractivity contribution < 1.29 is 13.2 Å². The molecule has 0 spiro atoms. The number of sulfonamides is 1. The van der Waals surface area contributed by atoms with Crippen LogP contribution in [0.25, 0.3) is 0 Å². The number of nitrogens with one attached hydrogen (secondary N) is 1. The zero-order chi connectivity index (χ0) is 12.3. The summed E-state index contributed by atoms with van der Waals surface area (Å²) < 4.78 is 30.7. The Morgan fingerprint density at radius 1 is 1.38 bits per heavy atom. The molecule has 0 saturated heterocycles. The maximum absolute atomic E-state index is 11.5. The van der Waals surface area contributed by atoms with Gasteiger partial charge in [-0.1, -0.05) is 0 Å². The van der Waals surface area contributed by atoms with Gasteiger partial charge in [-0.3, -0.25) is 0 Å². The van der Waals surface area contributed by atoms with Gasteiger partial charge in [0.25, 0.3) is 0 Å². The smallest absolute Gasteiger partial charge is 0.242 e. The number of nitrogen functional groups attached to an aromatic ring is 1. The van der Waals surface area contributed by atoms with E-state index in [0.29, 0.717) is 5.75 Å². The summed E-state index contributed by atoms with van der Waals surface area (Å²) in [6, 6.07) is 4.52. The molecule has 16 heavy (non-hydrogen) atoms. The van der Waals surface area contributed by atoms with Crippen LogP contribution in [0.3, 0.4) is 0 Å².